The van der Waals surface area contributed by atoms with E-state index in [1.165, 1.54) is 18.4 Å². The lowest BCUT2D eigenvalue weighted by Gasteiger charge is -2.26. The molecule has 0 amide bonds. The lowest BCUT2D eigenvalue weighted by atomic mass is 9.88. The Kier molecular flexibility index (Phi) is 9.67. The predicted molar refractivity (Wildman–Crippen MR) is 116 cm³/mol. The summed E-state index contributed by atoms with van der Waals surface area (Å²) in [5.74, 6) is 1.16. The molecule has 1 aliphatic heterocycles. The van der Waals surface area contributed by atoms with Gasteiger partial charge in [-0.2, -0.15) is 0 Å². The maximum Gasteiger partial charge on any atom is 0.0721 e. The number of aliphatic hydroxyl groups excluding tert-OH is 2. The maximum atomic E-state index is 10.5. The largest absolute Gasteiger partial charge is 0.392 e. The fourth-order valence-electron chi connectivity index (χ4n) is 5.07. The summed E-state index contributed by atoms with van der Waals surface area (Å²) in [5.41, 5.74) is 1.49. The van der Waals surface area contributed by atoms with Gasteiger partial charge in [-0.05, 0) is 37.5 Å². The molecule has 1 saturated carbocycles. The quantitative estimate of drug-likeness (QED) is 0.384. The average Bonchev–Trinajstić information content (AvgIpc) is 3.23. The van der Waals surface area contributed by atoms with Crippen LogP contribution < -0.4 is 0 Å². The molecule has 0 bridgehead atoms. The van der Waals surface area contributed by atoms with Crippen LogP contribution in [0.2, 0.25) is 0 Å². The Balaban J connectivity index is 1.34. The Bertz CT molecular complexity index is 529. The fraction of sp³-hybridized carbons (Fsp3) is 0.833. The van der Waals surface area contributed by atoms with Gasteiger partial charge in [0.05, 0.1) is 38.6 Å². The highest BCUT2D eigenvalue weighted by Crippen LogP contribution is 2.47. The molecule has 3 rings (SSSR count). The molecule has 5 heteroatoms. The Hall–Kier alpha value is -0.720. The van der Waals surface area contributed by atoms with Crippen molar-refractivity contribution in [2.45, 2.75) is 64.1 Å². The minimum Gasteiger partial charge on any atom is -0.392 e. The Labute approximate surface area is 176 Å². The van der Waals surface area contributed by atoms with Crippen LogP contribution in [-0.2, 0) is 9.47 Å². The smallest absolute Gasteiger partial charge is 0.0721 e. The zero-order valence-corrected chi connectivity index (χ0v) is 18.2. The molecule has 2 N–H and O–H groups in total. The average molecular weight is 408 g/mol. The van der Waals surface area contributed by atoms with Gasteiger partial charge in [0.15, 0.2) is 0 Å². The molecule has 1 heterocycles. The molecule has 166 valence electrons. The Morgan fingerprint density at radius 3 is 2.90 bits per heavy atom. The first-order valence-electron chi connectivity index (χ1n) is 11.8. The first-order chi connectivity index (χ1) is 14.2. The van der Waals surface area contributed by atoms with Gasteiger partial charge < -0.3 is 19.7 Å². The monoisotopic (exact) mass is 407 g/mol. The molecule has 0 aromatic rings. The van der Waals surface area contributed by atoms with Crippen LogP contribution in [0.1, 0.15) is 51.9 Å². The van der Waals surface area contributed by atoms with Crippen LogP contribution in [-0.4, -0.2) is 73.4 Å². The van der Waals surface area contributed by atoms with Crippen molar-refractivity contribution in [3.8, 4) is 0 Å². The van der Waals surface area contributed by atoms with Gasteiger partial charge in [-0.25, -0.2) is 0 Å². The molecular formula is C24H41NO4. The van der Waals surface area contributed by atoms with E-state index >= 15 is 0 Å². The van der Waals surface area contributed by atoms with Gasteiger partial charge in [-0.3, -0.25) is 4.90 Å². The van der Waals surface area contributed by atoms with Crippen LogP contribution in [0.3, 0.4) is 0 Å². The summed E-state index contributed by atoms with van der Waals surface area (Å²) in [6.45, 7) is 8.46. The SMILES string of the molecule is CCCCC[C@H](O)/C=C/[C@@H]1[C@H]2CC(CCOCCN3CCOCC3)=C[C@H]2C[C@H]1O. The first-order valence-corrected chi connectivity index (χ1v) is 11.8. The van der Waals surface area contributed by atoms with Crippen molar-refractivity contribution in [3.05, 3.63) is 23.8 Å². The highest BCUT2D eigenvalue weighted by molar-refractivity contribution is 5.21. The van der Waals surface area contributed by atoms with Crippen LogP contribution in [0.25, 0.3) is 0 Å². The Morgan fingerprint density at radius 2 is 2.10 bits per heavy atom. The van der Waals surface area contributed by atoms with E-state index in [4.69, 9.17) is 9.47 Å². The minimum atomic E-state index is -0.374. The molecule has 0 radical (unpaired) electrons. The summed E-state index contributed by atoms with van der Waals surface area (Å²) >= 11 is 0. The van der Waals surface area contributed by atoms with E-state index in [-0.39, 0.29) is 18.1 Å². The summed E-state index contributed by atoms with van der Waals surface area (Å²) in [7, 11) is 0. The van der Waals surface area contributed by atoms with E-state index in [0.717, 1.165) is 78.2 Å². The number of fused-ring (bicyclic) bond motifs is 1. The van der Waals surface area contributed by atoms with E-state index in [9.17, 15) is 10.2 Å². The van der Waals surface area contributed by atoms with E-state index in [2.05, 4.69) is 24.0 Å². The van der Waals surface area contributed by atoms with Crippen molar-refractivity contribution in [3.63, 3.8) is 0 Å². The zero-order chi connectivity index (χ0) is 20.5. The van der Waals surface area contributed by atoms with Crippen molar-refractivity contribution in [2.75, 3.05) is 46.1 Å². The fourth-order valence-corrected chi connectivity index (χ4v) is 5.07. The number of nitrogens with zero attached hydrogens (tertiary/aromatic N) is 1. The standard InChI is InChI=1S/C24H41NO4/c1-2-3-4-5-21(26)6-7-22-23-17-19(16-20(23)18-24(22)27)8-12-28-13-9-25-10-14-29-15-11-25/h6-7,16,20-24,26-27H,2-5,8-15,17-18H2,1H3/b7-6+/t20-,21-,22+,23-,24+/m0/s1. The predicted octanol–water partition coefficient (Wildman–Crippen LogP) is 3.17. The van der Waals surface area contributed by atoms with Gasteiger partial charge in [-0.1, -0.05) is 50.0 Å². The van der Waals surface area contributed by atoms with Crippen LogP contribution in [0.4, 0.5) is 0 Å². The number of allylic oxidation sites excluding steroid dienone is 1. The maximum absolute atomic E-state index is 10.5. The summed E-state index contributed by atoms with van der Waals surface area (Å²) in [4.78, 5) is 2.40. The second-order valence-corrected chi connectivity index (χ2v) is 9.00. The molecule has 1 saturated heterocycles. The van der Waals surface area contributed by atoms with Crippen LogP contribution >= 0.6 is 0 Å². The molecule has 0 aromatic carbocycles. The summed E-state index contributed by atoms with van der Waals surface area (Å²) < 4.78 is 11.2. The molecule has 5 atom stereocenters. The third kappa shape index (κ3) is 7.18. The topological polar surface area (TPSA) is 62.2 Å². The number of unbranched alkanes of at least 4 members (excludes halogenated alkanes) is 2. The van der Waals surface area contributed by atoms with Crippen molar-refractivity contribution in [2.24, 2.45) is 17.8 Å². The molecule has 2 aliphatic carbocycles. The number of hydrogen-bond acceptors (Lipinski definition) is 5. The van der Waals surface area contributed by atoms with E-state index in [1.807, 2.05) is 6.08 Å². The molecule has 0 aromatic heterocycles. The number of hydrogen-bond donors (Lipinski definition) is 2. The number of morpholine rings is 1. The van der Waals surface area contributed by atoms with Gasteiger partial charge in [0.25, 0.3) is 0 Å². The molecule has 5 nitrogen and oxygen atoms in total. The second kappa shape index (κ2) is 12.2. The molecule has 3 aliphatic rings. The number of ether oxygens (including phenoxy) is 2. The highest BCUT2D eigenvalue weighted by Gasteiger charge is 2.43. The van der Waals surface area contributed by atoms with Crippen molar-refractivity contribution in [1.82, 2.24) is 4.90 Å². The van der Waals surface area contributed by atoms with Gasteiger partial charge in [0.1, 0.15) is 0 Å². The van der Waals surface area contributed by atoms with E-state index < -0.39 is 0 Å². The molecule has 0 spiro atoms. The van der Waals surface area contributed by atoms with Gasteiger partial charge in [0.2, 0.25) is 0 Å². The lowest BCUT2D eigenvalue weighted by molar-refractivity contribution is 0.0207. The summed E-state index contributed by atoms with van der Waals surface area (Å²) in [6.07, 6.45) is 12.9. The third-order valence-corrected chi connectivity index (χ3v) is 6.83. The number of rotatable bonds is 12. The van der Waals surface area contributed by atoms with E-state index in [0.29, 0.717) is 11.8 Å². The lowest BCUT2D eigenvalue weighted by Crippen LogP contribution is -2.38. The number of aliphatic hydroxyl groups is 2. The highest BCUT2D eigenvalue weighted by atomic mass is 16.5. The first kappa shape index (κ1) is 23.0. The Morgan fingerprint density at radius 1 is 1.28 bits per heavy atom. The summed E-state index contributed by atoms with van der Waals surface area (Å²) in [6, 6.07) is 0. The van der Waals surface area contributed by atoms with Crippen molar-refractivity contribution < 1.29 is 19.7 Å². The normalized spacial score (nSPS) is 31.3. The minimum absolute atomic E-state index is 0.178. The zero-order valence-electron chi connectivity index (χ0n) is 18.2. The molecule has 2 fully saturated rings. The van der Waals surface area contributed by atoms with E-state index in [1.54, 1.807) is 0 Å². The second-order valence-electron chi connectivity index (χ2n) is 9.00. The van der Waals surface area contributed by atoms with Gasteiger partial charge in [0, 0.05) is 25.6 Å². The summed E-state index contributed by atoms with van der Waals surface area (Å²) in [5, 5.41) is 20.6. The van der Waals surface area contributed by atoms with Crippen molar-refractivity contribution in [1.29, 1.82) is 0 Å². The van der Waals surface area contributed by atoms with Crippen LogP contribution in [0.5, 0.6) is 0 Å². The van der Waals surface area contributed by atoms with Crippen molar-refractivity contribution >= 4 is 0 Å². The third-order valence-electron chi connectivity index (χ3n) is 6.83. The van der Waals surface area contributed by atoms with Crippen LogP contribution in [0.15, 0.2) is 23.8 Å². The van der Waals surface area contributed by atoms with Gasteiger partial charge >= 0.3 is 0 Å². The molecule has 0 unspecified atom stereocenters. The van der Waals surface area contributed by atoms with Crippen LogP contribution in [0, 0.1) is 17.8 Å². The molecular weight excluding hydrogens is 366 g/mol. The molecule has 29 heavy (non-hydrogen) atoms. The van der Waals surface area contributed by atoms with Gasteiger partial charge in [-0.15, -0.1) is 0 Å².